The number of nitrogens with one attached hydrogen (secondary N) is 1. The van der Waals surface area contributed by atoms with E-state index in [4.69, 9.17) is 4.74 Å². The van der Waals surface area contributed by atoms with Crippen LogP contribution in [-0.2, 0) is 20.9 Å². The van der Waals surface area contributed by atoms with E-state index in [1.807, 2.05) is 0 Å². The summed E-state index contributed by atoms with van der Waals surface area (Å²) in [6, 6.07) is 0.184. The van der Waals surface area contributed by atoms with Gasteiger partial charge in [0, 0.05) is 17.1 Å². The quantitative estimate of drug-likeness (QED) is 0.831. The van der Waals surface area contributed by atoms with Gasteiger partial charge in [-0.05, 0) is 38.5 Å². The van der Waals surface area contributed by atoms with Crippen LogP contribution in [0.25, 0.3) is 0 Å². The van der Waals surface area contributed by atoms with Crippen molar-refractivity contribution in [3.8, 4) is 0 Å². The molecule has 1 amide bonds. The Morgan fingerprint density at radius 3 is 2.64 bits per heavy atom. The zero-order valence-electron chi connectivity index (χ0n) is 13.0. The van der Waals surface area contributed by atoms with Crippen molar-refractivity contribution in [2.75, 3.05) is 6.61 Å². The molecule has 0 spiro atoms. The molecule has 0 unspecified atom stereocenters. The predicted molar refractivity (Wildman–Crippen MR) is 83.8 cm³/mol. The SMILES string of the molecule is Cc1csc(=O)n1CC(=O)OCC(=O)NC1CCC(C)CC1. The van der Waals surface area contributed by atoms with Crippen LogP contribution in [0.3, 0.4) is 0 Å². The Morgan fingerprint density at radius 1 is 1.36 bits per heavy atom. The number of hydrogen-bond donors (Lipinski definition) is 1. The van der Waals surface area contributed by atoms with Crippen molar-refractivity contribution in [1.82, 2.24) is 9.88 Å². The number of aryl methyl sites for hydroxylation is 1. The molecule has 0 atom stereocenters. The van der Waals surface area contributed by atoms with E-state index in [0.29, 0.717) is 5.69 Å². The summed E-state index contributed by atoms with van der Waals surface area (Å²) in [5, 5.41) is 4.58. The lowest BCUT2D eigenvalue weighted by molar-refractivity contribution is -0.149. The molecule has 1 aromatic heterocycles. The monoisotopic (exact) mass is 326 g/mol. The normalized spacial score (nSPS) is 21.4. The van der Waals surface area contributed by atoms with E-state index in [9.17, 15) is 14.4 Å². The largest absolute Gasteiger partial charge is 0.454 e. The molecule has 1 N–H and O–H groups in total. The molecule has 22 heavy (non-hydrogen) atoms. The van der Waals surface area contributed by atoms with Gasteiger partial charge in [-0.3, -0.25) is 19.0 Å². The first-order chi connectivity index (χ1) is 10.5. The minimum atomic E-state index is -0.573. The first-order valence-electron chi connectivity index (χ1n) is 7.55. The molecule has 7 heteroatoms. The van der Waals surface area contributed by atoms with Gasteiger partial charge in [-0.15, -0.1) is 0 Å². The maximum absolute atomic E-state index is 11.8. The van der Waals surface area contributed by atoms with E-state index in [1.54, 1.807) is 12.3 Å². The Kier molecular flexibility index (Phi) is 5.76. The van der Waals surface area contributed by atoms with Crippen LogP contribution in [0.2, 0.25) is 0 Å². The summed E-state index contributed by atoms with van der Waals surface area (Å²) in [5.41, 5.74) is 0.715. The molecule has 1 heterocycles. The van der Waals surface area contributed by atoms with E-state index in [-0.39, 0.29) is 30.0 Å². The number of nitrogens with zero attached hydrogens (tertiary/aromatic N) is 1. The summed E-state index contributed by atoms with van der Waals surface area (Å²) in [5.74, 6) is -0.128. The second kappa shape index (κ2) is 7.58. The number of carbonyl (C=O) groups is 2. The summed E-state index contributed by atoms with van der Waals surface area (Å²) in [6.07, 6.45) is 4.19. The lowest BCUT2D eigenvalue weighted by atomic mass is 9.87. The zero-order valence-corrected chi connectivity index (χ0v) is 13.8. The summed E-state index contributed by atoms with van der Waals surface area (Å²) >= 11 is 1.04. The number of thiazole rings is 1. The standard InChI is InChI=1S/C15H22N2O4S/c1-10-3-5-12(6-4-10)16-13(18)8-21-14(19)7-17-11(2)9-22-15(17)20/h9-10,12H,3-8H2,1-2H3,(H,16,18). The van der Waals surface area contributed by atoms with Crippen LogP contribution >= 0.6 is 11.3 Å². The molecule has 0 aliphatic heterocycles. The number of esters is 1. The highest BCUT2D eigenvalue weighted by molar-refractivity contribution is 7.07. The van der Waals surface area contributed by atoms with Crippen LogP contribution in [0.15, 0.2) is 10.2 Å². The smallest absolute Gasteiger partial charge is 0.326 e. The van der Waals surface area contributed by atoms with Gasteiger partial charge in [0.1, 0.15) is 6.54 Å². The van der Waals surface area contributed by atoms with Gasteiger partial charge in [-0.25, -0.2) is 0 Å². The molecule has 1 aromatic rings. The van der Waals surface area contributed by atoms with E-state index in [1.165, 1.54) is 4.57 Å². The highest BCUT2D eigenvalue weighted by Gasteiger charge is 2.20. The Labute approximate surface area is 133 Å². The van der Waals surface area contributed by atoms with Crippen molar-refractivity contribution in [2.24, 2.45) is 5.92 Å². The fraction of sp³-hybridized carbons (Fsp3) is 0.667. The zero-order chi connectivity index (χ0) is 16.1. The highest BCUT2D eigenvalue weighted by Crippen LogP contribution is 2.23. The van der Waals surface area contributed by atoms with Crippen molar-refractivity contribution in [1.29, 1.82) is 0 Å². The van der Waals surface area contributed by atoms with Crippen LogP contribution < -0.4 is 10.2 Å². The van der Waals surface area contributed by atoms with Crippen LogP contribution in [0.5, 0.6) is 0 Å². The topological polar surface area (TPSA) is 77.4 Å². The summed E-state index contributed by atoms with van der Waals surface area (Å²) in [6.45, 7) is 3.53. The molecule has 1 fully saturated rings. The van der Waals surface area contributed by atoms with Gasteiger partial charge in [0.15, 0.2) is 6.61 Å². The number of hydrogen-bond acceptors (Lipinski definition) is 5. The van der Waals surface area contributed by atoms with Gasteiger partial charge in [0.25, 0.3) is 5.91 Å². The maximum Gasteiger partial charge on any atom is 0.326 e. The van der Waals surface area contributed by atoms with Crippen LogP contribution in [0.4, 0.5) is 0 Å². The van der Waals surface area contributed by atoms with Crippen molar-refractivity contribution < 1.29 is 14.3 Å². The minimum Gasteiger partial charge on any atom is -0.454 e. The average molecular weight is 326 g/mol. The summed E-state index contributed by atoms with van der Waals surface area (Å²) in [7, 11) is 0. The first-order valence-corrected chi connectivity index (χ1v) is 8.43. The van der Waals surface area contributed by atoms with E-state index in [0.717, 1.165) is 42.9 Å². The summed E-state index contributed by atoms with van der Waals surface area (Å²) < 4.78 is 6.28. The molecule has 0 bridgehead atoms. The van der Waals surface area contributed by atoms with Crippen molar-refractivity contribution in [2.45, 2.75) is 52.1 Å². The highest BCUT2D eigenvalue weighted by atomic mass is 32.1. The number of ether oxygens (including phenoxy) is 1. The average Bonchev–Trinajstić information content (AvgIpc) is 2.79. The third-order valence-electron chi connectivity index (χ3n) is 4.01. The number of rotatable bonds is 5. The van der Waals surface area contributed by atoms with Crippen LogP contribution in [0, 0.1) is 12.8 Å². The van der Waals surface area contributed by atoms with Gasteiger partial charge in [0.05, 0.1) is 0 Å². The molecule has 6 nitrogen and oxygen atoms in total. The molecule has 0 saturated heterocycles. The fourth-order valence-corrected chi connectivity index (χ4v) is 3.33. The molecular formula is C15H22N2O4S. The Balaban J connectivity index is 1.72. The van der Waals surface area contributed by atoms with Gasteiger partial charge in [-0.1, -0.05) is 18.3 Å². The molecule has 1 saturated carbocycles. The van der Waals surface area contributed by atoms with Crippen LogP contribution in [-0.4, -0.2) is 29.1 Å². The minimum absolute atomic E-state index is 0.150. The first kappa shape index (κ1) is 16.7. The number of amides is 1. The predicted octanol–water partition coefficient (Wildman–Crippen LogP) is 1.46. The Morgan fingerprint density at radius 2 is 2.05 bits per heavy atom. The van der Waals surface area contributed by atoms with E-state index < -0.39 is 5.97 Å². The molecule has 2 rings (SSSR count). The van der Waals surface area contributed by atoms with Gasteiger partial charge in [0.2, 0.25) is 0 Å². The molecule has 0 aromatic carbocycles. The van der Waals surface area contributed by atoms with Crippen molar-refractivity contribution in [3.63, 3.8) is 0 Å². The van der Waals surface area contributed by atoms with Crippen molar-refractivity contribution in [3.05, 3.63) is 20.7 Å². The van der Waals surface area contributed by atoms with E-state index >= 15 is 0 Å². The second-order valence-corrected chi connectivity index (χ2v) is 6.73. The van der Waals surface area contributed by atoms with Gasteiger partial charge >= 0.3 is 10.8 Å². The van der Waals surface area contributed by atoms with E-state index in [2.05, 4.69) is 12.2 Å². The summed E-state index contributed by atoms with van der Waals surface area (Å²) in [4.78, 5) is 34.8. The number of aromatic nitrogens is 1. The molecule has 0 radical (unpaired) electrons. The van der Waals surface area contributed by atoms with Crippen LogP contribution in [0.1, 0.15) is 38.3 Å². The van der Waals surface area contributed by atoms with Gasteiger partial charge in [-0.2, -0.15) is 0 Å². The Hall–Kier alpha value is -1.63. The Bertz CT molecular complexity index is 585. The second-order valence-electron chi connectivity index (χ2n) is 5.91. The van der Waals surface area contributed by atoms with Crippen molar-refractivity contribution >= 4 is 23.2 Å². The third-order valence-corrected chi connectivity index (χ3v) is 4.89. The lowest BCUT2D eigenvalue weighted by Crippen LogP contribution is -2.40. The lowest BCUT2D eigenvalue weighted by Gasteiger charge is -2.26. The van der Waals surface area contributed by atoms with Gasteiger partial charge < -0.3 is 10.1 Å². The molecule has 1 aliphatic rings. The molecular weight excluding hydrogens is 304 g/mol. The fourth-order valence-electron chi connectivity index (χ4n) is 2.59. The molecule has 122 valence electrons. The third kappa shape index (κ3) is 4.69. The molecule has 1 aliphatic carbocycles. The maximum atomic E-state index is 11.8. The number of carbonyl (C=O) groups excluding carboxylic acids is 2.